The summed E-state index contributed by atoms with van der Waals surface area (Å²) in [6.45, 7) is 5.98. The number of nitrogens with two attached hydrogens (primary N) is 1. The molecule has 0 aromatic carbocycles. The molecule has 1 aromatic rings. The molecule has 0 radical (unpaired) electrons. The van der Waals surface area contributed by atoms with Crippen molar-refractivity contribution in [3.05, 3.63) is 22.4 Å². The summed E-state index contributed by atoms with van der Waals surface area (Å²) in [6.07, 6.45) is 5.35. The van der Waals surface area contributed by atoms with Gasteiger partial charge in [0.15, 0.2) is 0 Å². The van der Waals surface area contributed by atoms with Gasteiger partial charge in [0.1, 0.15) is 5.69 Å². The van der Waals surface area contributed by atoms with Crippen molar-refractivity contribution in [3.8, 4) is 0 Å². The Balaban J connectivity index is 1.77. The number of nitrogens with zero attached hydrogens (tertiary/aromatic N) is 2. The van der Waals surface area contributed by atoms with Gasteiger partial charge in [-0.2, -0.15) is 0 Å². The van der Waals surface area contributed by atoms with Crippen LogP contribution in [0.15, 0.2) is 16.7 Å². The largest absolute Gasteiger partial charge is 0.340 e. The van der Waals surface area contributed by atoms with Crippen molar-refractivity contribution in [3.63, 3.8) is 0 Å². The van der Waals surface area contributed by atoms with Gasteiger partial charge in [-0.15, -0.1) is 0 Å². The second-order valence-electron chi connectivity index (χ2n) is 6.85. The van der Waals surface area contributed by atoms with Gasteiger partial charge in [0.05, 0.1) is 0 Å². The molecule has 1 saturated heterocycles. The first-order chi connectivity index (χ1) is 9.95. The van der Waals surface area contributed by atoms with Crippen molar-refractivity contribution in [2.24, 2.45) is 17.6 Å². The minimum atomic E-state index is 0.164. The fraction of sp³-hybridized carbons (Fsp3) is 0.688. The van der Waals surface area contributed by atoms with E-state index in [-0.39, 0.29) is 11.9 Å². The van der Waals surface area contributed by atoms with Gasteiger partial charge in [0.25, 0.3) is 5.91 Å². The Hall–Kier alpha value is -0.810. The predicted molar refractivity (Wildman–Crippen MR) is 87.2 cm³/mol. The number of amides is 1. The van der Waals surface area contributed by atoms with Gasteiger partial charge in [-0.25, -0.2) is 0 Å². The molecule has 5 heteroatoms. The molecule has 116 valence electrons. The van der Waals surface area contributed by atoms with E-state index < -0.39 is 0 Å². The third kappa shape index (κ3) is 2.90. The van der Waals surface area contributed by atoms with Gasteiger partial charge < -0.3 is 15.2 Å². The molecule has 2 aliphatic rings. The lowest BCUT2D eigenvalue weighted by Gasteiger charge is -2.27. The topological polar surface area (TPSA) is 51.3 Å². The van der Waals surface area contributed by atoms with Gasteiger partial charge in [-0.1, -0.05) is 0 Å². The lowest BCUT2D eigenvalue weighted by atomic mass is 9.79. The summed E-state index contributed by atoms with van der Waals surface area (Å²) in [5, 5.41) is 0. The monoisotopic (exact) mass is 353 g/mol. The summed E-state index contributed by atoms with van der Waals surface area (Å²) in [4.78, 5) is 14.9. The Labute approximate surface area is 134 Å². The van der Waals surface area contributed by atoms with Crippen LogP contribution in [0.5, 0.6) is 0 Å². The minimum Gasteiger partial charge on any atom is -0.340 e. The molecule has 1 aliphatic carbocycles. The molecule has 1 aromatic heterocycles. The second kappa shape index (κ2) is 5.76. The van der Waals surface area contributed by atoms with Gasteiger partial charge in [-0.3, -0.25) is 4.79 Å². The molecule has 1 amide bonds. The molecule has 0 spiro atoms. The molecular weight excluding hydrogens is 330 g/mol. The Bertz CT molecular complexity index is 540. The molecular formula is C16H24BrN3O. The summed E-state index contributed by atoms with van der Waals surface area (Å²) in [5.41, 5.74) is 6.87. The first kappa shape index (κ1) is 15.1. The number of hydrogen-bond acceptors (Lipinski definition) is 2. The molecule has 0 bridgehead atoms. The second-order valence-corrected chi connectivity index (χ2v) is 7.76. The minimum absolute atomic E-state index is 0.164. The Morgan fingerprint density at radius 1 is 1.33 bits per heavy atom. The highest BCUT2D eigenvalue weighted by Crippen LogP contribution is 2.36. The van der Waals surface area contributed by atoms with Crippen molar-refractivity contribution >= 4 is 21.8 Å². The van der Waals surface area contributed by atoms with Crippen molar-refractivity contribution in [2.75, 3.05) is 13.1 Å². The van der Waals surface area contributed by atoms with Crippen molar-refractivity contribution in [1.82, 2.24) is 9.47 Å². The van der Waals surface area contributed by atoms with E-state index in [9.17, 15) is 4.79 Å². The van der Waals surface area contributed by atoms with Crippen molar-refractivity contribution in [1.29, 1.82) is 0 Å². The SMILES string of the molecule is CC(C)n1cc(Br)cc1C(=O)N1C[C@H]2CCC(N)C[C@H]2C1. The molecule has 1 aliphatic heterocycles. The van der Waals surface area contributed by atoms with Crippen LogP contribution in [-0.2, 0) is 0 Å². The van der Waals surface area contributed by atoms with Crippen LogP contribution in [0.4, 0.5) is 0 Å². The number of likely N-dealkylation sites (tertiary alicyclic amines) is 1. The molecule has 21 heavy (non-hydrogen) atoms. The third-order valence-corrected chi connectivity index (χ3v) is 5.40. The van der Waals surface area contributed by atoms with E-state index in [2.05, 4.69) is 34.3 Å². The number of hydrogen-bond donors (Lipinski definition) is 1. The molecule has 3 atom stereocenters. The zero-order chi connectivity index (χ0) is 15.1. The molecule has 4 nitrogen and oxygen atoms in total. The van der Waals surface area contributed by atoms with Crippen LogP contribution in [0.25, 0.3) is 0 Å². The van der Waals surface area contributed by atoms with E-state index in [4.69, 9.17) is 5.73 Å². The number of rotatable bonds is 2. The van der Waals surface area contributed by atoms with Gasteiger partial charge in [0, 0.05) is 35.8 Å². The highest BCUT2D eigenvalue weighted by Gasteiger charge is 2.39. The highest BCUT2D eigenvalue weighted by atomic mass is 79.9. The maximum Gasteiger partial charge on any atom is 0.270 e. The van der Waals surface area contributed by atoms with Crippen LogP contribution in [0.2, 0.25) is 0 Å². The van der Waals surface area contributed by atoms with Crippen molar-refractivity contribution < 1.29 is 4.79 Å². The van der Waals surface area contributed by atoms with Gasteiger partial charge in [0.2, 0.25) is 0 Å². The van der Waals surface area contributed by atoms with E-state index in [0.717, 1.165) is 36.1 Å². The highest BCUT2D eigenvalue weighted by molar-refractivity contribution is 9.10. The number of carbonyl (C=O) groups is 1. The average molecular weight is 354 g/mol. The number of halogens is 1. The number of carbonyl (C=O) groups excluding carboxylic acids is 1. The molecule has 2 N–H and O–H groups in total. The fourth-order valence-corrected chi connectivity index (χ4v) is 4.28. The van der Waals surface area contributed by atoms with Crippen LogP contribution in [0.1, 0.15) is 49.6 Å². The van der Waals surface area contributed by atoms with E-state index in [0.29, 0.717) is 17.9 Å². The van der Waals surface area contributed by atoms with Crippen LogP contribution in [0, 0.1) is 11.8 Å². The Kier molecular flexibility index (Phi) is 4.14. The number of fused-ring (bicyclic) bond motifs is 1. The fourth-order valence-electron chi connectivity index (χ4n) is 3.84. The normalized spacial score (nSPS) is 29.0. The lowest BCUT2D eigenvalue weighted by Crippen LogP contribution is -2.32. The standard InChI is InChI=1S/C16H24BrN3O/c1-10(2)20-9-13(17)6-15(20)16(21)19-7-11-3-4-14(18)5-12(11)8-19/h6,9-12,14H,3-5,7-8,18H2,1-2H3/t11-,12+,14?/m1/s1. The molecule has 2 heterocycles. The molecule has 3 rings (SSSR count). The average Bonchev–Trinajstić information content (AvgIpc) is 3.00. The van der Waals surface area contributed by atoms with Gasteiger partial charge >= 0.3 is 0 Å². The van der Waals surface area contributed by atoms with Crippen LogP contribution >= 0.6 is 15.9 Å². The summed E-state index contributed by atoms with van der Waals surface area (Å²) < 4.78 is 3.03. The smallest absolute Gasteiger partial charge is 0.270 e. The van der Waals surface area contributed by atoms with Crippen LogP contribution in [-0.4, -0.2) is 34.5 Å². The number of aromatic nitrogens is 1. The zero-order valence-electron chi connectivity index (χ0n) is 12.8. The summed E-state index contributed by atoms with van der Waals surface area (Å²) >= 11 is 3.49. The first-order valence-corrected chi connectivity index (χ1v) is 8.67. The Morgan fingerprint density at radius 2 is 2.05 bits per heavy atom. The quantitative estimate of drug-likeness (QED) is 0.888. The van der Waals surface area contributed by atoms with Gasteiger partial charge in [-0.05, 0) is 66.9 Å². The summed E-state index contributed by atoms with van der Waals surface area (Å²) in [6, 6.07) is 2.55. The Morgan fingerprint density at radius 3 is 2.76 bits per heavy atom. The lowest BCUT2D eigenvalue weighted by molar-refractivity contribution is 0.0771. The maximum absolute atomic E-state index is 12.9. The van der Waals surface area contributed by atoms with Crippen molar-refractivity contribution in [2.45, 2.75) is 45.2 Å². The van der Waals surface area contributed by atoms with E-state index in [1.165, 1.54) is 6.42 Å². The maximum atomic E-state index is 12.9. The first-order valence-electron chi connectivity index (χ1n) is 7.88. The van der Waals surface area contributed by atoms with Crippen LogP contribution in [0.3, 0.4) is 0 Å². The predicted octanol–water partition coefficient (Wildman–Crippen LogP) is 3.03. The zero-order valence-corrected chi connectivity index (χ0v) is 14.3. The summed E-state index contributed by atoms with van der Waals surface area (Å²) in [7, 11) is 0. The van der Waals surface area contributed by atoms with Crippen LogP contribution < -0.4 is 5.73 Å². The van der Waals surface area contributed by atoms with E-state index in [1.54, 1.807) is 0 Å². The molecule has 1 saturated carbocycles. The van der Waals surface area contributed by atoms with E-state index in [1.807, 2.05) is 17.2 Å². The molecule has 2 fully saturated rings. The summed E-state index contributed by atoms with van der Waals surface area (Å²) in [5.74, 6) is 1.42. The molecule has 1 unspecified atom stereocenters. The third-order valence-electron chi connectivity index (χ3n) is 4.97. The van der Waals surface area contributed by atoms with E-state index >= 15 is 0 Å².